The van der Waals surface area contributed by atoms with E-state index in [9.17, 15) is 9.90 Å². The van der Waals surface area contributed by atoms with E-state index in [4.69, 9.17) is 9.15 Å². The molecule has 0 aromatic carbocycles. The van der Waals surface area contributed by atoms with Gasteiger partial charge in [-0.3, -0.25) is 9.69 Å². The second-order valence-electron chi connectivity index (χ2n) is 5.05. The summed E-state index contributed by atoms with van der Waals surface area (Å²) in [5.41, 5.74) is 1.10. The Balaban J connectivity index is 2.11. The molecular formula is C14H21NO4. The second-order valence-corrected chi connectivity index (χ2v) is 5.05. The van der Waals surface area contributed by atoms with Crippen LogP contribution >= 0.6 is 0 Å². The van der Waals surface area contributed by atoms with Gasteiger partial charge in [-0.15, -0.1) is 0 Å². The van der Waals surface area contributed by atoms with Gasteiger partial charge in [0.2, 0.25) is 0 Å². The minimum absolute atomic E-state index is 0.0676. The Labute approximate surface area is 113 Å². The molecule has 0 amide bonds. The van der Waals surface area contributed by atoms with Crippen molar-refractivity contribution in [2.75, 3.05) is 19.8 Å². The standard InChI is InChI=1S/C14H21NO4/c1-3-5-15(7-13-10(2)4-6-19-13)12-9-18-8-11(12)14(16)17/h4,6,11-12H,3,5,7-9H2,1-2H3,(H,16,17). The number of furan rings is 1. The summed E-state index contributed by atoms with van der Waals surface area (Å²) < 4.78 is 10.8. The minimum atomic E-state index is -0.778. The van der Waals surface area contributed by atoms with Crippen molar-refractivity contribution < 1.29 is 19.1 Å². The van der Waals surface area contributed by atoms with Crippen molar-refractivity contribution in [3.8, 4) is 0 Å². The Morgan fingerprint density at radius 2 is 2.32 bits per heavy atom. The highest BCUT2D eigenvalue weighted by Crippen LogP contribution is 2.23. The summed E-state index contributed by atoms with van der Waals surface area (Å²) in [6, 6.07) is 1.86. The maximum Gasteiger partial charge on any atom is 0.310 e. The zero-order valence-electron chi connectivity index (χ0n) is 11.5. The van der Waals surface area contributed by atoms with Crippen LogP contribution in [0.3, 0.4) is 0 Å². The van der Waals surface area contributed by atoms with Crippen molar-refractivity contribution in [2.24, 2.45) is 5.92 Å². The van der Waals surface area contributed by atoms with Crippen LogP contribution in [-0.4, -0.2) is 41.8 Å². The Bertz CT molecular complexity index is 429. The van der Waals surface area contributed by atoms with Gasteiger partial charge in [0.05, 0.1) is 31.9 Å². The van der Waals surface area contributed by atoms with Gasteiger partial charge in [0.1, 0.15) is 5.76 Å². The van der Waals surface area contributed by atoms with E-state index in [1.807, 2.05) is 13.0 Å². The number of hydrogen-bond acceptors (Lipinski definition) is 4. The summed E-state index contributed by atoms with van der Waals surface area (Å²) >= 11 is 0. The van der Waals surface area contributed by atoms with Gasteiger partial charge in [-0.2, -0.15) is 0 Å². The van der Waals surface area contributed by atoms with Crippen LogP contribution < -0.4 is 0 Å². The Hall–Kier alpha value is -1.33. The van der Waals surface area contributed by atoms with Crippen LogP contribution in [0.15, 0.2) is 16.7 Å². The summed E-state index contributed by atoms with van der Waals surface area (Å²) in [5.74, 6) is -0.314. The molecule has 1 N–H and O–H groups in total. The number of carbonyl (C=O) groups is 1. The van der Waals surface area contributed by atoms with E-state index in [0.29, 0.717) is 19.8 Å². The summed E-state index contributed by atoms with van der Waals surface area (Å²) in [6.45, 7) is 6.37. The van der Waals surface area contributed by atoms with Crippen LogP contribution in [0.25, 0.3) is 0 Å². The number of ether oxygens (including phenoxy) is 1. The van der Waals surface area contributed by atoms with Gasteiger partial charge < -0.3 is 14.3 Å². The average molecular weight is 267 g/mol. The second kappa shape index (κ2) is 6.21. The summed E-state index contributed by atoms with van der Waals surface area (Å²) in [7, 11) is 0. The predicted octanol–water partition coefficient (Wildman–Crippen LogP) is 1.90. The van der Waals surface area contributed by atoms with Crippen molar-refractivity contribution >= 4 is 5.97 Å². The molecule has 0 saturated carbocycles. The highest BCUT2D eigenvalue weighted by molar-refractivity contribution is 5.71. The summed E-state index contributed by atoms with van der Waals surface area (Å²) in [4.78, 5) is 13.4. The van der Waals surface area contributed by atoms with E-state index in [0.717, 1.165) is 24.3 Å². The van der Waals surface area contributed by atoms with Crippen LogP contribution in [0.4, 0.5) is 0 Å². The lowest BCUT2D eigenvalue weighted by Crippen LogP contribution is -2.43. The first-order chi connectivity index (χ1) is 9.13. The smallest absolute Gasteiger partial charge is 0.310 e. The fraction of sp³-hybridized carbons (Fsp3) is 0.643. The number of hydrogen-bond donors (Lipinski definition) is 1. The Morgan fingerprint density at radius 3 is 2.89 bits per heavy atom. The molecule has 1 aromatic rings. The third kappa shape index (κ3) is 3.16. The Kier molecular flexibility index (Phi) is 4.61. The van der Waals surface area contributed by atoms with Crippen LogP contribution in [-0.2, 0) is 16.1 Å². The predicted molar refractivity (Wildman–Crippen MR) is 69.9 cm³/mol. The van der Waals surface area contributed by atoms with Gasteiger partial charge in [-0.25, -0.2) is 0 Å². The summed E-state index contributed by atoms with van der Waals surface area (Å²) in [6.07, 6.45) is 2.65. The first-order valence-electron chi connectivity index (χ1n) is 6.71. The monoisotopic (exact) mass is 267 g/mol. The highest BCUT2D eigenvalue weighted by atomic mass is 16.5. The van der Waals surface area contributed by atoms with Crippen LogP contribution in [0.5, 0.6) is 0 Å². The fourth-order valence-electron chi connectivity index (χ4n) is 2.54. The zero-order chi connectivity index (χ0) is 13.8. The van der Waals surface area contributed by atoms with Crippen molar-refractivity contribution in [2.45, 2.75) is 32.9 Å². The molecule has 0 radical (unpaired) electrons. The van der Waals surface area contributed by atoms with E-state index in [2.05, 4.69) is 11.8 Å². The third-order valence-corrected chi connectivity index (χ3v) is 3.66. The van der Waals surface area contributed by atoms with Crippen molar-refractivity contribution in [1.82, 2.24) is 4.90 Å². The maximum absolute atomic E-state index is 11.3. The van der Waals surface area contributed by atoms with Crippen molar-refractivity contribution in [1.29, 1.82) is 0 Å². The largest absolute Gasteiger partial charge is 0.481 e. The van der Waals surface area contributed by atoms with Gasteiger partial charge in [-0.05, 0) is 31.5 Å². The molecule has 1 aliphatic rings. The van der Waals surface area contributed by atoms with E-state index < -0.39 is 11.9 Å². The molecule has 5 nitrogen and oxygen atoms in total. The van der Waals surface area contributed by atoms with Gasteiger partial charge in [-0.1, -0.05) is 6.92 Å². The fourth-order valence-corrected chi connectivity index (χ4v) is 2.54. The molecule has 0 spiro atoms. The lowest BCUT2D eigenvalue weighted by molar-refractivity contribution is -0.143. The molecule has 19 heavy (non-hydrogen) atoms. The van der Waals surface area contributed by atoms with Crippen molar-refractivity contribution in [3.05, 3.63) is 23.7 Å². The molecule has 2 heterocycles. The number of nitrogens with zero attached hydrogens (tertiary/aromatic N) is 1. The normalized spacial score (nSPS) is 23.1. The van der Waals surface area contributed by atoms with Gasteiger partial charge in [0.25, 0.3) is 0 Å². The molecule has 1 fully saturated rings. The topological polar surface area (TPSA) is 62.9 Å². The van der Waals surface area contributed by atoms with Crippen LogP contribution in [0, 0.1) is 12.8 Å². The quantitative estimate of drug-likeness (QED) is 0.853. The summed E-state index contributed by atoms with van der Waals surface area (Å²) in [5, 5.41) is 9.25. The number of carboxylic acids is 1. The number of rotatable bonds is 6. The molecule has 5 heteroatoms. The van der Waals surface area contributed by atoms with Gasteiger partial charge in [0, 0.05) is 6.04 Å². The molecule has 2 rings (SSSR count). The lowest BCUT2D eigenvalue weighted by Gasteiger charge is -2.29. The van der Waals surface area contributed by atoms with E-state index >= 15 is 0 Å². The number of aryl methyl sites for hydroxylation is 1. The number of carboxylic acid groups (broad SMARTS) is 1. The molecule has 1 aromatic heterocycles. The molecule has 1 saturated heterocycles. The minimum Gasteiger partial charge on any atom is -0.481 e. The van der Waals surface area contributed by atoms with E-state index in [-0.39, 0.29) is 6.04 Å². The lowest BCUT2D eigenvalue weighted by atomic mass is 10.0. The molecule has 1 aliphatic heterocycles. The maximum atomic E-state index is 11.3. The Morgan fingerprint density at radius 1 is 1.53 bits per heavy atom. The highest BCUT2D eigenvalue weighted by Gasteiger charge is 2.38. The van der Waals surface area contributed by atoms with Gasteiger partial charge >= 0.3 is 5.97 Å². The molecule has 106 valence electrons. The molecule has 0 bridgehead atoms. The number of aliphatic carboxylic acids is 1. The van der Waals surface area contributed by atoms with Crippen molar-refractivity contribution in [3.63, 3.8) is 0 Å². The molecular weight excluding hydrogens is 246 g/mol. The average Bonchev–Trinajstić information content (AvgIpc) is 2.98. The van der Waals surface area contributed by atoms with Gasteiger partial charge in [0.15, 0.2) is 0 Å². The third-order valence-electron chi connectivity index (χ3n) is 3.66. The zero-order valence-corrected chi connectivity index (χ0v) is 11.5. The van der Waals surface area contributed by atoms with E-state index in [1.165, 1.54) is 0 Å². The van der Waals surface area contributed by atoms with Crippen LogP contribution in [0.1, 0.15) is 24.7 Å². The van der Waals surface area contributed by atoms with Crippen LogP contribution in [0.2, 0.25) is 0 Å². The molecule has 2 unspecified atom stereocenters. The SMILES string of the molecule is CCCN(Cc1occc1C)C1COCC1C(=O)O. The molecule has 2 atom stereocenters. The van der Waals surface area contributed by atoms with E-state index in [1.54, 1.807) is 6.26 Å². The first kappa shape index (κ1) is 14.1. The molecule has 0 aliphatic carbocycles. The first-order valence-corrected chi connectivity index (χ1v) is 6.71.